The Bertz CT molecular complexity index is 858. The van der Waals surface area contributed by atoms with E-state index in [-0.39, 0.29) is 11.5 Å². The first-order valence-electron chi connectivity index (χ1n) is 8.30. The van der Waals surface area contributed by atoms with E-state index in [2.05, 4.69) is 10.3 Å². The normalized spacial score (nSPS) is 17.3. The van der Waals surface area contributed by atoms with Gasteiger partial charge < -0.3 is 15.2 Å². The van der Waals surface area contributed by atoms with Crippen LogP contribution in [-0.2, 0) is 11.2 Å². The van der Waals surface area contributed by atoms with E-state index in [0.717, 1.165) is 5.56 Å². The molecule has 25 heavy (non-hydrogen) atoms. The maximum atomic E-state index is 13.0. The topological polar surface area (TPSA) is 82.3 Å². The lowest BCUT2D eigenvalue weighted by atomic mass is 10.0. The van der Waals surface area contributed by atoms with Crippen LogP contribution in [0.15, 0.2) is 41.2 Å². The van der Waals surface area contributed by atoms with E-state index in [4.69, 9.17) is 0 Å². The van der Waals surface area contributed by atoms with E-state index in [1.807, 2.05) is 30.3 Å². The second kappa shape index (κ2) is 6.93. The van der Waals surface area contributed by atoms with Gasteiger partial charge in [0.05, 0.1) is 0 Å². The number of amides is 2. The van der Waals surface area contributed by atoms with Crippen LogP contribution < -0.4 is 10.9 Å². The molecule has 2 aromatic rings. The third-order valence-electron chi connectivity index (χ3n) is 4.44. The summed E-state index contributed by atoms with van der Waals surface area (Å²) < 4.78 is 0. The van der Waals surface area contributed by atoms with E-state index < -0.39 is 17.5 Å². The van der Waals surface area contributed by atoms with Gasteiger partial charge in [-0.3, -0.25) is 14.4 Å². The molecule has 0 radical (unpaired) electrons. The number of aromatic amines is 1. The molecular formula is C19H21N3O3. The summed E-state index contributed by atoms with van der Waals surface area (Å²) in [5.74, 6) is -0.584. The summed E-state index contributed by atoms with van der Waals surface area (Å²) in [4.78, 5) is 41.9. The van der Waals surface area contributed by atoms with Crippen molar-refractivity contribution in [3.8, 4) is 0 Å². The fourth-order valence-corrected chi connectivity index (χ4v) is 3.26. The Kier molecular flexibility index (Phi) is 4.70. The number of rotatable bonds is 3. The maximum Gasteiger partial charge on any atom is 0.261 e. The van der Waals surface area contributed by atoms with Crippen LogP contribution in [0.25, 0.3) is 0 Å². The molecule has 1 atom stereocenters. The van der Waals surface area contributed by atoms with Crippen molar-refractivity contribution < 1.29 is 9.59 Å². The minimum absolute atomic E-state index is 0.110. The molecule has 2 amide bonds. The van der Waals surface area contributed by atoms with Crippen molar-refractivity contribution in [2.75, 3.05) is 13.1 Å². The van der Waals surface area contributed by atoms with Crippen LogP contribution in [0.4, 0.5) is 0 Å². The molecule has 1 saturated heterocycles. The number of piperazine rings is 1. The largest absolute Gasteiger partial charge is 0.353 e. The van der Waals surface area contributed by atoms with Crippen LogP contribution >= 0.6 is 0 Å². The summed E-state index contributed by atoms with van der Waals surface area (Å²) in [5.41, 5.74) is 1.99. The van der Waals surface area contributed by atoms with Gasteiger partial charge in [0, 0.05) is 25.2 Å². The zero-order valence-corrected chi connectivity index (χ0v) is 14.3. The van der Waals surface area contributed by atoms with Crippen molar-refractivity contribution in [1.82, 2.24) is 15.2 Å². The first-order valence-corrected chi connectivity index (χ1v) is 8.30. The first kappa shape index (κ1) is 17.0. The molecule has 0 aliphatic carbocycles. The van der Waals surface area contributed by atoms with Crippen LogP contribution in [-0.4, -0.2) is 40.8 Å². The van der Waals surface area contributed by atoms with E-state index >= 15 is 0 Å². The molecule has 6 nitrogen and oxygen atoms in total. The highest BCUT2D eigenvalue weighted by atomic mass is 16.2. The van der Waals surface area contributed by atoms with Crippen molar-refractivity contribution in [3.05, 3.63) is 69.1 Å². The zero-order chi connectivity index (χ0) is 18.0. The van der Waals surface area contributed by atoms with Gasteiger partial charge in [-0.15, -0.1) is 0 Å². The minimum atomic E-state index is -0.622. The Balaban J connectivity index is 1.94. The number of hydrogen-bond donors (Lipinski definition) is 2. The molecule has 2 N–H and O–H groups in total. The summed E-state index contributed by atoms with van der Waals surface area (Å²) in [6, 6.07) is 10.7. The Morgan fingerprint density at radius 3 is 2.60 bits per heavy atom. The molecular weight excluding hydrogens is 318 g/mol. The Hall–Kier alpha value is -2.89. The van der Waals surface area contributed by atoms with Crippen LogP contribution in [0.1, 0.15) is 27.2 Å². The van der Waals surface area contributed by atoms with Crippen LogP contribution in [0.3, 0.4) is 0 Å². The Morgan fingerprint density at radius 1 is 1.20 bits per heavy atom. The lowest BCUT2D eigenvalue weighted by Crippen LogP contribution is -2.58. The van der Waals surface area contributed by atoms with Gasteiger partial charge in [-0.25, -0.2) is 0 Å². The third kappa shape index (κ3) is 3.47. The van der Waals surface area contributed by atoms with Crippen molar-refractivity contribution in [1.29, 1.82) is 0 Å². The predicted octanol–water partition coefficient (Wildman–Crippen LogP) is 1.18. The first-order chi connectivity index (χ1) is 12.0. The van der Waals surface area contributed by atoms with E-state index in [0.29, 0.717) is 30.8 Å². The van der Waals surface area contributed by atoms with Crippen LogP contribution in [0.5, 0.6) is 0 Å². The lowest BCUT2D eigenvalue weighted by molar-refractivity contribution is -0.127. The smallest absolute Gasteiger partial charge is 0.261 e. The average Bonchev–Trinajstić information content (AvgIpc) is 2.56. The van der Waals surface area contributed by atoms with Gasteiger partial charge in [0.25, 0.3) is 11.5 Å². The third-order valence-corrected chi connectivity index (χ3v) is 4.44. The molecule has 0 unspecified atom stereocenters. The number of pyridine rings is 1. The van der Waals surface area contributed by atoms with Crippen molar-refractivity contribution in [3.63, 3.8) is 0 Å². The molecule has 6 heteroatoms. The van der Waals surface area contributed by atoms with Gasteiger partial charge in [0.1, 0.15) is 11.6 Å². The highest BCUT2D eigenvalue weighted by Gasteiger charge is 2.35. The molecule has 1 aliphatic rings. The van der Waals surface area contributed by atoms with Gasteiger partial charge in [0.2, 0.25) is 5.91 Å². The van der Waals surface area contributed by atoms with E-state index in [1.54, 1.807) is 19.9 Å². The summed E-state index contributed by atoms with van der Waals surface area (Å²) in [5, 5.41) is 2.81. The number of nitrogens with zero attached hydrogens (tertiary/aromatic N) is 1. The average molecular weight is 339 g/mol. The fourth-order valence-electron chi connectivity index (χ4n) is 3.26. The Morgan fingerprint density at radius 2 is 1.92 bits per heavy atom. The molecule has 0 bridgehead atoms. The monoisotopic (exact) mass is 339 g/mol. The van der Waals surface area contributed by atoms with Gasteiger partial charge in [-0.1, -0.05) is 30.3 Å². The fraction of sp³-hybridized carbons (Fsp3) is 0.316. The summed E-state index contributed by atoms with van der Waals surface area (Å²) in [6.07, 6.45) is 0.418. The summed E-state index contributed by atoms with van der Waals surface area (Å²) in [6.45, 7) is 4.29. The molecule has 1 aromatic heterocycles. The highest BCUT2D eigenvalue weighted by molar-refractivity contribution is 5.99. The molecule has 1 aromatic carbocycles. The number of carbonyl (C=O) groups is 2. The molecule has 130 valence electrons. The van der Waals surface area contributed by atoms with Gasteiger partial charge in [-0.05, 0) is 31.0 Å². The highest BCUT2D eigenvalue weighted by Crippen LogP contribution is 2.16. The van der Waals surface area contributed by atoms with Gasteiger partial charge in [-0.2, -0.15) is 0 Å². The molecule has 0 saturated carbocycles. The summed E-state index contributed by atoms with van der Waals surface area (Å²) >= 11 is 0. The SMILES string of the molecule is Cc1cc(C)c(C(=O)N2CCNC(=O)[C@@H]2Cc2ccccc2)c(=O)[nH]1. The van der Waals surface area contributed by atoms with Gasteiger partial charge >= 0.3 is 0 Å². The molecule has 1 fully saturated rings. The van der Waals surface area contributed by atoms with Gasteiger partial charge in [0.15, 0.2) is 0 Å². The number of aryl methyl sites for hydroxylation is 2. The zero-order valence-electron chi connectivity index (χ0n) is 14.3. The minimum Gasteiger partial charge on any atom is -0.353 e. The molecule has 1 aliphatic heterocycles. The molecule has 0 spiro atoms. The maximum absolute atomic E-state index is 13.0. The predicted molar refractivity (Wildman–Crippen MR) is 94.5 cm³/mol. The lowest BCUT2D eigenvalue weighted by Gasteiger charge is -2.35. The summed E-state index contributed by atoms with van der Waals surface area (Å²) in [7, 11) is 0. The number of aromatic nitrogens is 1. The second-order valence-electron chi connectivity index (χ2n) is 6.33. The molecule has 3 rings (SSSR count). The van der Waals surface area contributed by atoms with E-state index in [1.165, 1.54) is 4.90 Å². The number of H-pyrrole nitrogens is 1. The Labute approximate surface area is 145 Å². The molecule has 2 heterocycles. The van der Waals surface area contributed by atoms with Crippen molar-refractivity contribution >= 4 is 11.8 Å². The van der Waals surface area contributed by atoms with Crippen molar-refractivity contribution in [2.45, 2.75) is 26.3 Å². The van der Waals surface area contributed by atoms with Crippen LogP contribution in [0, 0.1) is 13.8 Å². The standard InChI is InChI=1S/C19H21N3O3/c1-12-10-13(2)21-18(24)16(12)19(25)22-9-8-20-17(23)15(22)11-14-6-4-3-5-7-14/h3-7,10,15H,8-9,11H2,1-2H3,(H,20,23)(H,21,24)/t15-/m0/s1. The quantitative estimate of drug-likeness (QED) is 0.881. The van der Waals surface area contributed by atoms with E-state index in [9.17, 15) is 14.4 Å². The van der Waals surface area contributed by atoms with Crippen molar-refractivity contribution in [2.24, 2.45) is 0 Å². The number of carbonyl (C=O) groups excluding carboxylic acids is 2. The second-order valence-corrected chi connectivity index (χ2v) is 6.33. The number of nitrogens with one attached hydrogen (secondary N) is 2. The number of hydrogen-bond acceptors (Lipinski definition) is 3. The number of benzene rings is 1. The van der Waals surface area contributed by atoms with Crippen LogP contribution in [0.2, 0.25) is 0 Å².